The molecule has 154 valence electrons. The van der Waals surface area contributed by atoms with Crippen molar-refractivity contribution in [1.82, 2.24) is 0 Å². The van der Waals surface area contributed by atoms with E-state index >= 15 is 0 Å². The van der Waals surface area contributed by atoms with Gasteiger partial charge in [-0.1, -0.05) is 132 Å². The number of benzene rings is 4. The van der Waals surface area contributed by atoms with E-state index in [4.69, 9.17) is 0 Å². The lowest BCUT2D eigenvalue weighted by molar-refractivity contribution is 1.44. The predicted molar refractivity (Wildman–Crippen MR) is 137 cm³/mol. The highest BCUT2D eigenvalue weighted by atomic mass is 14.6. The van der Waals surface area contributed by atoms with E-state index in [1.54, 1.807) is 0 Å². The fourth-order valence-corrected chi connectivity index (χ4v) is 3.58. The average molecular weight is 412 g/mol. The summed E-state index contributed by atoms with van der Waals surface area (Å²) in [5.74, 6) is 0. The SMILES string of the molecule is C/C(=C(\C=C/c1ccccc1)c1ccccc1)c1ccccc1[CH-][N+]#Cc1ccccc1. The monoisotopic (exact) mass is 411 g/mol. The molecule has 0 spiro atoms. The molecule has 0 bridgehead atoms. The van der Waals surface area contributed by atoms with Gasteiger partial charge in [0.2, 0.25) is 12.6 Å². The normalized spacial score (nSPS) is 11.4. The van der Waals surface area contributed by atoms with Crippen molar-refractivity contribution in [2.45, 2.75) is 6.92 Å². The number of hydrogen-bond donors (Lipinski definition) is 0. The Morgan fingerprint density at radius 2 is 1.31 bits per heavy atom. The lowest BCUT2D eigenvalue weighted by Crippen LogP contribution is -1.92. The minimum atomic E-state index is 0.962. The third kappa shape index (κ3) is 5.45. The molecule has 0 fully saturated rings. The molecule has 0 aliphatic carbocycles. The number of hydrogen-bond acceptors (Lipinski definition) is 0. The lowest BCUT2D eigenvalue weighted by Gasteiger charge is -2.15. The molecule has 32 heavy (non-hydrogen) atoms. The van der Waals surface area contributed by atoms with Crippen molar-refractivity contribution < 1.29 is 0 Å². The van der Waals surface area contributed by atoms with Crippen LogP contribution >= 0.6 is 0 Å². The van der Waals surface area contributed by atoms with Crippen LogP contribution in [0.1, 0.15) is 34.7 Å². The quantitative estimate of drug-likeness (QED) is 0.177. The molecule has 0 unspecified atom stereocenters. The lowest BCUT2D eigenvalue weighted by atomic mass is 9.92. The van der Waals surface area contributed by atoms with Crippen LogP contribution in [0, 0.1) is 12.6 Å². The summed E-state index contributed by atoms with van der Waals surface area (Å²) in [6.07, 6.45) is 4.37. The first-order chi connectivity index (χ1) is 15.8. The van der Waals surface area contributed by atoms with Crippen LogP contribution in [-0.4, -0.2) is 0 Å². The van der Waals surface area contributed by atoms with Crippen LogP contribution in [0.4, 0.5) is 0 Å². The predicted octanol–water partition coefficient (Wildman–Crippen LogP) is 8.22. The molecule has 0 aromatic heterocycles. The summed E-state index contributed by atoms with van der Waals surface area (Å²) in [5.41, 5.74) is 7.93. The fraction of sp³-hybridized carbons (Fsp3) is 0.0323. The Bertz CT molecular complexity index is 1270. The van der Waals surface area contributed by atoms with Crippen molar-refractivity contribution in [2.75, 3.05) is 0 Å². The summed E-state index contributed by atoms with van der Waals surface area (Å²) in [4.78, 5) is 4.46. The molecule has 0 atom stereocenters. The Balaban J connectivity index is 1.73. The molecule has 1 nitrogen and oxygen atoms in total. The van der Waals surface area contributed by atoms with Gasteiger partial charge in [0.05, 0.1) is 0 Å². The highest BCUT2D eigenvalue weighted by Gasteiger charge is 2.07. The third-order valence-corrected chi connectivity index (χ3v) is 5.27. The van der Waals surface area contributed by atoms with Gasteiger partial charge < -0.3 is 0 Å². The first-order valence-electron chi connectivity index (χ1n) is 10.7. The van der Waals surface area contributed by atoms with Crippen LogP contribution in [0.25, 0.3) is 22.1 Å². The second-order valence-electron chi connectivity index (χ2n) is 7.47. The van der Waals surface area contributed by atoms with Crippen LogP contribution in [0.2, 0.25) is 0 Å². The summed E-state index contributed by atoms with van der Waals surface area (Å²) in [7, 11) is 0. The van der Waals surface area contributed by atoms with E-state index < -0.39 is 0 Å². The van der Waals surface area contributed by atoms with Crippen LogP contribution in [0.5, 0.6) is 0 Å². The topological polar surface area (TPSA) is 4.36 Å². The number of allylic oxidation sites excluding steroid dienone is 3. The molecular weight excluding hydrogens is 386 g/mol. The van der Waals surface area contributed by atoms with Crippen molar-refractivity contribution in [3.05, 3.63) is 161 Å². The highest BCUT2D eigenvalue weighted by Crippen LogP contribution is 2.30. The third-order valence-electron chi connectivity index (χ3n) is 5.27. The van der Waals surface area contributed by atoms with Gasteiger partial charge in [-0.2, -0.15) is 0 Å². The molecule has 0 N–H and O–H groups in total. The molecule has 0 aliphatic heterocycles. The minimum Gasteiger partial charge on any atom is -0.140 e. The maximum atomic E-state index is 4.46. The zero-order valence-electron chi connectivity index (χ0n) is 18.1. The van der Waals surface area contributed by atoms with E-state index in [9.17, 15) is 0 Å². The molecule has 1 heteroatoms. The van der Waals surface area contributed by atoms with Crippen molar-refractivity contribution in [1.29, 1.82) is 0 Å². The van der Waals surface area contributed by atoms with E-state index in [0.717, 1.165) is 16.7 Å². The molecule has 4 aromatic rings. The summed E-state index contributed by atoms with van der Waals surface area (Å²) in [6, 6.07) is 42.3. The van der Waals surface area contributed by atoms with Gasteiger partial charge >= 0.3 is 0 Å². The molecule has 0 saturated carbocycles. The Kier molecular flexibility index (Phi) is 6.99. The van der Waals surface area contributed by atoms with E-state index in [0.29, 0.717) is 0 Å². The minimum absolute atomic E-state index is 0.962. The maximum absolute atomic E-state index is 4.46. The van der Waals surface area contributed by atoms with Crippen LogP contribution < -0.4 is 0 Å². The van der Waals surface area contributed by atoms with Gasteiger partial charge in [-0.25, -0.2) is 0 Å². The molecule has 4 rings (SSSR count). The van der Waals surface area contributed by atoms with Crippen molar-refractivity contribution in [3.63, 3.8) is 0 Å². The Hall–Kier alpha value is -4.28. The van der Waals surface area contributed by atoms with Gasteiger partial charge in [-0.05, 0) is 23.6 Å². The smallest absolute Gasteiger partial charge is 0.140 e. The molecular formula is C31H25N. The van der Waals surface area contributed by atoms with Crippen molar-refractivity contribution in [2.24, 2.45) is 0 Å². The number of rotatable bonds is 5. The Morgan fingerprint density at radius 3 is 2.03 bits per heavy atom. The highest BCUT2D eigenvalue weighted by molar-refractivity contribution is 5.97. The molecule has 0 heterocycles. The van der Waals surface area contributed by atoms with Gasteiger partial charge in [0.25, 0.3) is 0 Å². The van der Waals surface area contributed by atoms with E-state index in [1.807, 2.05) is 55.1 Å². The van der Waals surface area contributed by atoms with Gasteiger partial charge in [0.1, 0.15) is 0 Å². The molecule has 0 amide bonds. The van der Waals surface area contributed by atoms with Gasteiger partial charge in [-0.3, -0.25) is 0 Å². The maximum Gasteiger partial charge on any atom is 0.222 e. The van der Waals surface area contributed by atoms with Crippen molar-refractivity contribution in [3.8, 4) is 6.07 Å². The number of nitrogens with zero attached hydrogens (tertiary/aromatic N) is 1. The molecule has 0 aliphatic rings. The summed E-state index contributed by atoms with van der Waals surface area (Å²) >= 11 is 0. The zero-order valence-corrected chi connectivity index (χ0v) is 18.1. The van der Waals surface area contributed by atoms with E-state index in [1.165, 1.54) is 22.3 Å². The fourth-order valence-electron chi connectivity index (χ4n) is 3.58. The zero-order chi connectivity index (χ0) is 22.0. The van der Waals surface area contributed by atoms with Crippen molar-refractivity contribution >= 4 is 17.2 Å². The summed E-state index contributed by atoms with van der Waals surface area (Å²) in [5, 5.41) is 0. The van der Waals surface area contributed by atoms with E-state index in [2.05, 4.69) is 96.7 Å². The second kappa shape index (κ2) is 10.7. The van der Waals surface area contributed by atoms with E-state index in [-0.39, 0.29) is 0 Å². The van der Waals surface area contributed by atoms with Gasteiger partial charge in [0, 0.05) is 5.56 Å². The standard InChI is InChI=1S/C31H25N/c1-25(30-20-12-11-19-29(30)24-32-23-27-15-7-3-8-16-27)31(28-17-9-4-10-18-28)22-21-26-13-5-2-6-14-26/h2-22,24H,1H3/b22-21-,31-25-. The molecule has 4 aromatic carbocycles. The van der Waals surface area contributed by atoms with Crippen LogP contribution in [0.3, 0.4) is 0 Å². The van der Waals surface area contributed by atoms with Gasteiger partial charge in [0.15, 0.2) is 0 Å². The second-order valence-corrected chi connectivity index (χ2v) is 7.47. The molecule has 0 saturated heterocycles. The summed E-state index contributed by atoms with van der Waals surface area (Å²) in [6.45, 7) is 4.06. The Morgan fingerprint density at radius 1 is 0.719 bits per heavy atom. The van der Waals surface area contributed by atoms with Crippen LogP contribution in [0.15, 0.2) is 121 Å². The van der Waals surface area contributed by atoms with Crippen LogP contribution in [-0.2, 0) is 0 Å². The first-order valence-corrected chi connectivity index (χ1v) is 10.7. The largest absolute Gasteiger partial charge is 0.222 e. The first kappa shape index (κ1) is 21.0. The Labute approximate surface area is 190 Å². The van der Waals surface area contributed by atoms with Gasteiger partial charge in [-0.15, -0.1) is 17.0 Å². The average Bonchev–Trinajstić information content (AvgIpc) is 2.86. The summed E-state index contributed by atoms with van der Waals surface area (Å²) < 4.78 is 0. The molecule has 0 radical (unpaired) electrons.